The van der Waals surface area contributed by atoms with Gasteiger partial charge in [-0.3, -0.25) is 9.69 Å². The Kier molecular flexibility index (Phi) is 6.08. The summed E-state index contributed by atoms with van der Waals surface area (Å²) < 4.78 is 14.4. The first-order chi connectivity index (χ1) is 13.0. The number of nitrogens with zero attached hydrogens (tertiary/aromatic N) is 3. The minimum atomic E-state index is -0.682. The summed E-state index contributed by atoms with van der Waals surface area (Å²) in [6.07, 6.45) is -0.682. The molecule has 5 nitrogen and oxygen atoms in total. The van der Waals surface area contributed by atoms with Crippen molar-refractivity contribution in [3.05, 3.63) is 59.9 Å². The number of carbonyl (C=O) groups excluding carboxylic acids is 1. The molecule has 1 atom stereocenters. The Bertz CT molecular complexity index is 774. The molecule has 1 aliphatic heterocycles. The highest BCUT2D eigenvalue weighted by atomic mass is 19.1. The van der Waals surface area contributed by atoms with Crippen LogP contribution in [-0.2, 0) is 4.79 Å². The summed E-state index contributed by atoms with van der Waals surface area (Å²) in [5.74, 6) is -0.274. The molecule has 1 amide bonds. The Morgan fingerprint density at radius 1 is 1.15 bits per heavy atom. The smallest absolute Gasteiger partial charge is 0.240 e. The Balaban J connectivity index is 1.55. The molecule has 2 aromatic carbocycles. The van der Waals surface area contributed by atoms with E-state index in [2.05, 4.69) is 4.90 Å². The molecule has 3 rings (SSSR count). The van der Waals surface area contributed by atoms with E-state index in [-0.39, 0.29) is 11.7 Å². The fourth-order valence-electron chi connectivity index (χ4n) is 3.28. The third kappa shape index (κ3) is 4.64. The van der Waals surface area contributed by atoms with E-state index in [0.717, 1.165) is 5.69 Å². The van der Waals surface area contributed by atoms with Gasteiger partial charge in [0.1, 0.15) is 5.82 Å². The van der Waals surface area contributed by atoms with Crippen molar-refractivity contribution in [2.24, 2.45) is 0 Å². The normalized spacial score (nSPS) is 16.2. The van der Waals surface area contributed by atoms with E-state index in [1.807, 2.05) is 35.2 Å². The van der Waals surface area contributed by atoms with Crippen molar-refractivity contribution in [2.75, 3.05) is 49.6 Å². The average Bonchev–Trinajstić information content (AvgIpc) is 2.68. The molecular formula is C21H26FN3O2. The Morgan fingerprint density at radius 3 is 2.41 bits per heavy atom. The van der Waals surface area contributed by atoms with Crippen LogP contribution >= 0.6 is 0 Å². The van der Waals surface area contributed by atoms with Crippen molar-refractivity contribution in [3.63, 3.8) is 0 Å². The number of aliphatic hydroxyl groups excluding tert-OH is 1. The maximum Gasteiger partial charge on any atom is 0.240 e. The van der Waals surface area contributed by atoms with Crippen LogP contribution in [0.4, 0.5) is 15.8 Å². The van der Waals surface area contributed by atoms with E-state index < -0.39 is 6.10 Å². The van der Waals surface area contributed by atoms with Crippen LogP contribution in [0.5, 0.6) is 0 Å². The molecular weight excluding hydrogens is 345 g/mol. The predicted molar refractivity (Wildman–Crippen MR) is 106 cm³/mol. The first-order valence-corrected chi connectivity index (χ1v) is 9.22. The summed E-state index contributed by atoms with van der Waals surface area (Å²) in [7, 11) is 1.78. The van der Waals surface area contributed by atoms with Crippen molar-refractivity contribution < 1.29 is 14.3 Å². The Morgan fingerprint density at radius 2 is 1.81 bits per heavy atom. The summed E-state index contributed by atoms with van der Waals surface area (Å²) >= 11 is 0. The summed E-state index contributed by atoms with van der Waals surface area (Å²) in [5, 5.41) is 9.57. The zero-order chi connectivity index (χ0) is 19.4. The third-order valence-electron chi connectivity index (χ3n) is 5.04. The lowest BCUT2D eigenvalue weighted by molar-refractivity contribution is -0.119. The van der Waals surface area contributed by atoms with Gasteiger partial charge in [0, 0.05) is 38.9 Å². The van der Waals surface area contributed by atoms with Gasteiger partial charge in [0.25, 0.3) is 0 Å². The summed E-state index contributed by atoms with van der Waals surface area (Å²) in [5.41, 5.74) is 2.00. The van der Waals surface area contributed by atoms with Gasteiger partial charge < -0.3 is 14.9 Å². The number of halogens is 1. The summed E-state index contributed by atoms with van der Waals surface area (Å²) in [6.45, 7) is 4.69. The molecule has 1 N–H and O–H groups in total. The minimum Gasteiger partial charge on any atom is -0.389 e. The summed E-state index contributed by atoms with van der Waals surface area (Å²) in [4.78, 5) is 18.3. The second-order valence-electron chi connectivity index (χ2n) is 6.94. The van der Waals surface area contributed by atoms with Crippen LogP contribution in [0.3, 0.4) is 0 Å². The molecule has 1 aliphatic rings. The predicted octanol–water partition coefficient (Wildman–Crippen LogP) is 2.66. The van der Waals surface area contributed by atoms with Gasteiger partial charge in [-0.15, -0.1) is 0 Å². The van der Waals surface area contributed by atoms with Gasteiger partial charge >= 0.3 is 0 Å². The number of rotatable bonds is 5. The van der Waals surface area contributed by atoms with Gasteiger partial charge in [-0.25, -0.2) is 4.39 Å². The van der Waals surface area contributed by atoms with Gasteiger partial charge in [-0.2, -0.15) is 0 Å². The van der Waals surface area contributed by atoms with Gasteiger partial charge in [-0.1, -0.05) is 24.3 Å². The maximum absolute atomic E-state index is 14.4. The van der Waals surface area contributed by atoms with Crippen LogP contribution in [0.2, 0.25) is 0 Å². The molecule has 6 heteroatoms. The Hall–Kier alpha value is -2.44. The monoisotopic (exact) mass is 371 g/mol. The minimum absolute atomic E-state index is 0.0436. The molecule has 0 spiro atoms. The molecule has 1 heterocycles. The van der Waals surface area contributed by atoms with Crippen molar-refractivity contribution >= 4 is 17.3 Å². The van der Waals surface area contributed by atoms with Crippen LogP contribution < -0.4 is 9.80 Å². The van der Waals surface area contributed by atoms with Gasteiger partial charge in [0.2, 0.25) is 5.91 Å². The summed E-state index contributed by atoms with van der Waals surface area (Å²) in [6, 6.07) is 14.4. The molecule has 0 saturated carbocycles. The highest BCUT2D eigenvalue weighted by Gasteiger charge is 2.23. The number of aliphatic hydroxyl groups is 1. The highest BCUT2D eigenvalue weighted by molar-refractivity contribution is 5.94. The molecule has 144 valence electrons. The first-order valence-electron chi connectivity index (χ1n) is 9.22. The van der Waals surface area contributed by atoms with E-state index >= 15 is 0 Å². The number of anilines is 2. The fraction of sp³-hybridized carbons (Fsp3) is 0.381. The topological polar surface area (TPSA) is 47.0 Å². The standard InChI is InChI=1S/C21H26FN3O2/c1-16(26)17-8-9-20(19(22)14-17)25-12-10-24(11-13-25)15-21(27)23(2)18-6-4-3-5-7-18/h3-9,14,16,26H,10-13,15H2,1-2H3. The van der Waals surface area contributed by atoms with Crippen molar-refractivity contribution in [3.8, 4) is 0 Å². The number of carbonyl (C=O) groups is 1. The molecule has 1 unspecified atom stereocenters. The van der Waals surface area contributed by atoms with E-state index in [0.29, 0.717) is 44.0 Å². The maximum atomic E-state index is 14.4. The Labute approximate surface area is 159 Å². The molecule has 0 aromatic heterocycles. The van der Waals surface area contributed by atoms with E-state index in [4.69, 9.17) is 0 Å². The molecule has 2 aromatic rings. The molecule has 0 bridgehead atoms. The van der Waals surface area contributed by atoms with Crippen LogP contribution in [0, 0.1) is 5.82 Å². The zero-order valence-electron chi connectivity index (χ0n) is 15.8. The van der Waals surface area contributed by atoms with Gasteiger partial charge in [0.15, 0.2) is 0 Å². The van der Waals surface area contributed by atoms with Crippen molar-refractivity contribution in [2.45, 2.75) is 13.0 Å². The van der Waals surface area contributed by atoms with E-state index in [1.54, 1.807) is 31.0 Å². The lowest BCUT2D eigenvalue weighted by Gasteiger charge is -2.36. The second-order valence-corrected chi connectivity index (χ2v) is 6.94. The number of hydrogen-bond donors (Lipinski definition) is 1. The number of piperazine rings is 1. The van der Waals surface area contributed by atoms with Crippen molar-refractivity contribution in [1.82, 2.24) is 4.90 Å². The SMILES string of the molecule is CC(O)c1ccc(N2CCN(CC(=O)N(C)c3ccccc3)CC2)c(F)c1. The van der Waals surface area contributed by atoms with E-state index in [1.165, 1.54) is 6.07 Å². The molecule has 27 heavy (non-hydrogen) atoms. The highest BCUT2D eigenvalue weighted by Crippen LogP contribution is 2.24. The zero-order valence-corrected chi connectivity index (χ0v) is 15.8. The number of likely N-dealkylation sites (N-methyl/N-ethyl adjacent to an activating group) is 1. The van der Waals surface area contributed by atoms with Crippen LogP contribution in [-0.4, -0.2) is 55.7 Å². The lowest BCUT2D eigenvalue weighted by atomic mass is 10.1. The molecule has 1 fully saturated rings. The molecule has 0 aliphatic carbocycles. The number of benzene rings is 2. The lowest BCUT2D eigenvalue weighted by Crippen LogP contribution is -2.50. The van der Waals surface area contributed by atoms with Crippen LogP contribution in [0.25, 0.3) is 0 Å². The van der Waals surface area contributed by atoms with Crippen LogP contribution in [0.1, 0.15) is 18.6 Å². The first kappa shape index (κ1) is 19.3. The molecule has 0 radical (unpaired) electrons. The van der Waals surface area contributed by atoms with Gasteiger partial charge in [-0.05, 0) is 36.8 Å². The largest absolute Gasteiger partial charge is 0.389 e. The fourth-order valence-corrected chi connectivity index (χ4v) is 3.28. The number of amides is 1. The molecule has 1 saturated heterocycles. The van der Waals surface area contributed by atoms with E-state index in [9.17, 15) is 14.3 Å². The number of para-hydroxylation sites is 1. The quantitative estimate of drug-likeness (QED) is 0.878. The number of hydrogen-bond acceptors (Lipinski definition) is 4. The van der Waals surface area contributed by atoms with Crippen LogP contribution in [0.15, 0.2) is 48.5 Å². The second kappa shape index (κ2) is 8.50. The van der Waals surface area contributed by atoms with Crippen molar-refractivity contribution in [1.29, 1.82) is 0 Å². The third-order valence-corrected chi connectivity index (χ3v) is 5.04. The van der Waals surface area contributed by atoms with Gasteiger partial charge in [0.05, 0.1) is 18.3 Å². The average molecular weight is 371 g/mol.